The summed E-state index contributed by atoms with van der Waals surface area (Å²) in [6.07, 6.45) is 11.2. The van der Waals surface area contributed by atoms with E-state index in [-0.39, 0.29) is 0 Å². The highest BCUT2D eigenvalue weighted by molar-refractivity contribution is 4.98. The molecule has 0 aromatic heterocycles. The molecule has 1 heterocycles. The van der Waals surface area contributed by atoms with Crippen LogP contribution in [0.5, 0.6) is 0 Å². The van der Waals surface area contributed by atoms with Crippen molar-refractivity contribution in [1.29, 1.82) is 0 Å². The van der Waals surface area contributed by atoms with Crippen molar-refractivity contribution in [1.82, 2.24) is 9.80 Å². The van der Waals surface area contributed by atoms with E-state index in [2.05, 4.69) is 16.7 Å². The minimum atomic E-state index is 0.333. The van der Waals surface area contributed by atoms with Gasteiger partial charge in [-0.15, -0.1) is 0 Å². The van der Waals surface area contributed by atoms with Gasteiger partial charge in [0.2, 0.25) is 0 Å². The minimum Gasteiger partial charge on any atom is -0.329 e. The van der Waals surface area contributed by atoms with Gasteiger partial charge < -0.3 is 5.73 Å². The van der Waals surface area contributed by atoms with Crippen LogP contribution in [0.3, 0.4) is 0 Å². The summed E-state index contributed by atoms with van der Waals surface area (Å²) in [6.45, 7) is 8.33. The largest absolute Gasteiger partial charge is 0.329 e. The third kappa shape index (κ3) is 2.90. The van der Waals surface area contributed by atoms with Gasteiger partial charge in [-0.3, -0.25) is 9.80 Å². The van der Waals surface area contributed by atoms with Crippen molar-refractivity contribution in [2.75, 3.05) is 32.7 Å². The first-order valence-electron chi connectivity index (χ1n) is 8.93. The summed E-state index contributed by atoms with van der Waals surface area (Å²) >= 11 is 0. The summed E-state index contributed by atoms with van der Waals surface area (Å²) in [5, 5.41) is 0. The van der Waals surface area contributed by atoms with E-state index < -0.39 is 0 Å². The van der Waals surface area contributed by atoms with Crippen LogP contribution in [0.15, 0.2) is 0 Å². The Balaban J connectivity index is 1.58. The van der Waals surface area contributed by atoms with E-state index in [0.717, 1.165) is 18.5 Å². The zero-order valence-electron chi connectivity index (χ0n) is 13.3. The summed E-state index contributed by atoms with van der Waals surface area (Å²) in [4.78, 5) is 5.52. The fraction of sp³-hybridized carbons (Fsp3) is 1.00. The smallest absolute Gasteiger partial charge is 0.0335 e. The maximum atomic E-state index is 6.23. The summed E-state index contributed by atoms with van der Waals surface area (Å²) in [5.74, 6) is 0.861. The molecule has 2 N–H and O–H groups in total. The number of hydrogen-bond donors (Lipinski definition) is 1. The van der Waals surface area contributed by atoms with E-state index in [9.17, 15) is 0 Å². The van der Waals surface area contributed by atoms with Crippen molar-refractivity contribution in [3.05, 3.63) is 0 Å². The summed E-state index contributed by atoms with van der Waals surface area (Å²) in [6, 6.07) is 0.899. The molecule has 0 spiro atoms. The van der Waals surface area contributed by atoms with Crippen LogP contribution in [-0.2, 0) is 0 Å². The molecule has 3 rings (SSSR count). The van der Waals surface area contributed by atoms with Gasteiger partial charge in [0.05, 0.1) is 0 Å². The van der Waals surface area contributed by atoms with E-state index >= 15 is 0 Å². The number of nitrogens with two attached hydrogens (primary N) is 1. The molecule has 0 amide bonds. The molecule has 3 fully saturated rings. The lowest BCUT2D eigenvalue weighted by atomic mass is 9.75. The number of rotatable bonds is 3. The molecule has 116 valence electrons. The molecule has 0 aromatic rings. The van der Waals surface area contributed by atoms with Gasteiger partial charge in [0.1, 0.15) is 0 Å². The van der Waals surface area contributed by atoms with Gasteiger partial charge in [-0.25, -0.2) is 0 Å². The predicted molar refractivity (Wildman–Crippen MR) is 84.8 cm³/mol. The molecule has 1 aliphatic heterocycles. The SMILES string of the molecule is CC1CCCC(CN)(N2CCN(C3CCCC3)CC2)C1. The Kier molecular flexibility index (Phi) is 4.68. The lowest BCUT2D eigenvalue weighted by Gasteiger charge is -2.51. The van der Waals surface area contributed by atoms with Gasteiger partial charge in [0.25, 0.3) is 0 Å². The van der Waals surface area contributed by atoms with E-state index in [1.165, 1.54) is 77.5 Å². The molecule has 2 aliphatic carbocycles. The average molecular weight is 279 g/mol. The Morgan fingerprint density at radius 1 is 1.00 bits per heavy atom. The first-order valence-corrected chi connectivity index (χ1v) is 8.93. The molecule has 2 atom stereocenters. The first-order chi connectivity index (χ1) is 9.73. The second-order valence-electron chi connectivity index (χ2n) is 7.59. The molecule has 0 bridgehead atoms. The zero-order chi connectivity index (χ0) is 14.0. The molecule has 2 unspecified atom stereocenters. The molecule has 0 radical (unpaired) electrons. The minimum absolute atomic E-state index is 0.333. The average Bonchev–Trinajstić information content (AvgIpc) is 3.01. The first kappa shape index (κ1) is 14.8. The molecule has 1 saturated heterocycles. The van der Waals surface area contributed by atoms with Crippen LogP contribution in [0.1, 0.15) is 58.3 Å². The lowest BCUT2D eigenvalue weighted by molar-refractivity contribution is -0.00835. The van der Waals surface area contributed by atoms with Crippen LogP contribution < -0.4 is 5.73 Å². The van der Waals surface area contributed by atoms with Crippen LogP contribution in [-0.4, -0.2) is 54.1 Å². The van der Waals surface area contributed by atoms with E-state index in [1.807, 2.05) is 0 Å². The third-order valence-electron chi connectivity index (χ3n) is 6.27. The Morgan fingerprint density at radius 2 is 1.70 bits per heavy atom. The van der Waals surface area contributed by atoms with Crippen LogP contribution in [0.25, 0.3) is 0 Å². The van der Waals surface area contributed by atoms with Gasteiger partial charge in [0, 0.05) is 44.3 Å². The van der Waals surface area contributed by atoms with Gasteiger partial charge in [-0.2, -0.15) is 0 Å². The molecule has 3 aliphatic rings. The molecule has 3 nitrogen and oxygen atoms in total. The molecule has 3 heteroatoms. The number of piperazine rings is 1. The normalized spacial score (nSPS) is 38.4. The maximum Gasteiger partial charge on any atom is 0.0335 e. The fourth-order valence-electron chi connectivity index (χ4n) is 5.06. The van der Waals surface area contributed by atoms with Crippen molar-refractivity contribution in [2.24, 2.45) is 11.7 Å². The summed E-state index contributed by atoms with van der Waals surface area (Å²) in [5.41, 5.74) is 6.57. The maximum absolute atomic E-state index is 6.23. The fourth-order valence-corrected chi connectivity index (χ4v) is 5.06. The van der Waals surface area contributed by atoms with Crippen molar-refractivity contribution >= 4 is 0 Å². The highest BCUT2D eigenvalue weighted by Gasteiger charge is 2.40. The van der Waals surface area contributed by atoms with E-state index in [1.54, 1.807) is 0 Å². The Morgan fingerprint density at radius 3 is 2.30 bits per heavy atom. The van der Waals surface area contributed by atoms with Crippen LogP contribution >= 0.6 is 0 Å². The van der Waals surface area contributed by atoms with Crippen LogP contribution in [0.4, 0.5) is 0 Å². The monoisotopic (exact) mass is 279 g/mol. The summed E-state index contributed by atoms with van der Waals surface area (Å²) < 4.78 is 0. The topological polar surface area (TPSA) is 32.5 Å². The Bertz CT molecular complexity index is 305. The van der Waals surface area contributed by atoms with Crippen molar-refractivity contribution in [3.8, 4) is 0 Å². The predicted octanol–water partition coefficient (Wildman–Crippen LogP) is 2.45. The van der Waals surface area contributed by atoms with E-state index in [4.69, 9.17) is 5.73 Å². The van der Waals surface area contributed by atoms with E-state index in [0.29, 0.717) is 5.54 Å². The Hall–Kier alpha value is -0.120. The van der Waals surface area contributed by atoms with Crippen molar-refractivity contribution in [3.63, 3.8) is 0 Å². The van der Waals surface area contributed by atoms with Crippen molar-refractivity contribution < 1.29 is 0 Å². The van der Waals surface area contributed by atoms with Crippen molar-refractivity contribution in [2.45, 2.75) is 69.9 Å². The highest BCUT2D eigenvalue weighted by atomic mass is 15.3. The molecule has 0 aromatic carbocycles. The number of nitrogens with zero attached hydrogens (tertiary/aromatic N) is 2. The van der Waals surface area contributed by atoms with Gasteiger partial charge in [-0.05, 0) is 31.6 Å². The Labute approximate surface area is 124 Å². The zero-order valence-corrected chi connectivity index (χ0v) is 13.3. The quantitative estimate of drug-likeness (QED) is 0.861. The van der Waals surface area contributed by atoms with Gasteiger partial charge in [-0.1, -0.05) is 32.6 Å². The molecular weight excluding hydrogens is 246 g/mol. The third-order valence-corrected chi connectivity index (χ3v) is 6.27. The molecule has 2 saturated carbocycles. The standard InChI is InChI=1S/C17H33N3/c1-15-5-4-8-17(13-15,14-18)20-11-9-19(10-12-20)16-6-2-3-7-16/h15-16H,2-14,18H2,1H3. The second-order valence-corrected chi connectivity index (χ2v) is 7.59. The highest BCUT2D eigenvalue weighted by Crippen LogP contribution is 2.37. The molecular formula is C17H33N3. The van der Waals surface area contributed by atoms with Crippen LogP contribution in [0, 0.1) is 5.92 Å². The number of hydrogen-bond acceptors (Lipinski definition) is 3. The second kappa shape index (κ2) is 6.33. The van der Waals surface area contributed by atoms with Gasteiger partial charge in [0.15, 0.2) is 0 Å². The van der Waals surface area contributed by atoms with Crippen LogP contribution in [0.2, 0.25) is 0 Å². The lowest BCUT2D eigenvalue weighted by Crippen LogP contribution is -2.62. The van der Waals surface area contributed by atoms with Gasteiger partial charge >= 0.3 is 0 Å². The molecule has 20 heavy (non-hydrogen) atoms. The summed E-state index contributed by atoms with van der Waals surface area (Å²) in [7, 11) is 0.